The number of nitrogens with one attached hydrogen (secondary N) is 1. The van der Waals surface area contributed by atoms with E-state index in [0.29, 0.717) is 12.0 Å². The Labute approximate surface area is 113 Å². The lowest BCUT2D eigenvalue weighted by atomic mass is 10.1. The molecule has 6 heteroatoms. The van der Waals surface area contributed by atoms with Gasteiger partial charge in [-0.15, -0.1) is 0 Å². The van der Waals surface area contributed by atoms with Gasteiger partial charge in [-0.25, -0.2) is 4.98 Å². The molecule has 1 atom stereocenters. The summed E-state index contributed by atoms with van der Waals surface area (Å²) in [5, 5.41) is 8.97. The second-order valence-electron chi connectivity index (χ2n) is 5.25. The third-order valence-electron chi connectivity index (χ3n) is 3.77. The summed E-state index contributed by atoms with van der Waals surface area (Å²) < 4.78 is 0. The van der Waals surface area contributed by atoms with Gasteiger partial charge in [0.05, 0.1) is 6.04 Å². The van der Waals surface area contributed by atoms with Crippen LogP contribution in [0.5, 0.6) is 0 Å². The number of H-pyrrole nitrogens is 1. The molecule has 6 nitrogen and oxygen atoms in total. The number of rotatable bonds is 3. The number of aromatic nitrogens is 2. The van der Waals surface area contributed by atoms with Gasteiger partial charge in [0.15, 0.2) is 0 Å². The minimum absolute atomic E-state index is 0.0307. The summed E-state index contributed by atoms with van der Waals surface area (Å²) in [7, 11) is 4.12. The number of hydrogen-bond acceptors (Lipinski definition) is 5. The van der Waals surface area contributed by atoms with E-state index in [-0.39, 0.29) is 18.2 Å². The number of likely N-dealkylation sites (N-methyl/N-ethyl adjacent to an activating group) is 2. The summed E-state index contributed by atoms with van der Waals surface area (Å²) in [5.41, 5.74) is 1.17. The van der Waals surface area contributed by atoms with Gasteiger partial charge in [0.2, 0.25) is 0 Å². The Morgan fingerprint density at radius 1 is 1.42 bits per heavy atom. The highest BCUT2D eigenvalue weighted by atomic mass is 16.3. The van der Waals surface area contributed by atoms with Gasteiger partial charge >= 0.3 is 0 Å². The Morgan fingerprint density at radius 3 is 2.79 bits per heavy atom. The number of aromatic amines is 1. The van der Waals surface area contributed by atoms with E-state index in [1.54, 1.807) is 0 Å². The Bertz CT molecular complexity index is 500. The Kier molecular flexibility index (Phi) is 4.34. The van der Waals surface area contributed by atoms with Crippen LogP contribution in [-0.4, -0.2) is 65.2 Å². The summed E-state index contributed by atoms with van der Waals surface area (Å²) in [5.74, 6) is 0.721. The molecule has 1 aromatic heterocycles. The van der Waals surface area contributed by atoms with Crippen molar-refractivity contribution in [1.29, 1.82) is 0 Å². The summed E-state index contributed by atoms with van der Waals surface area (Å²) in [6.07, 6.45) is 0.356. The van der Waals surface area contributed by atoms with E-state index in [4.69, 9.17) is 5.11 Å². The minimum atomic E-state index is -0.127. The molecule has 1 fully saturated rings. The third kappa shape index (κ3) is 3.02. The molecule has 0 radical (unpaired) electrons. The molecule has 1 unspecified atom stereocenters. The van der Waals surface area contributed by atoms with E-state index in [0.717, 1.165) is 31.2 Å². The second kappa shape index (κ2) is 5.81. The number of nitrogens with zero attached hydrogens (tertiary/aromatic N) is 3. The van der Waals surface area contributed by atoms with Crippen molar-refractivity contribution in [3.05, 3.63) is 27.4 Å². The Balaban J connectivity index is 2.32. The molecule has 1 saturated heterocycles. The highest BCUT2D eigenvalue weighted by molar-refractivity contribution is 5.18. The van der Waals surface area contributed by atoms with Crippen molar-refractivity contribution < 1.29 is 5.11 Å². The lowest BCUT2D eigenvalue weighted by Crippen LogP contribution is -2.46. The molecule has 0 amide bonds. The molecule has 2 N–H and O–H groups in total. The van der Waals surface area contributed by atoms with Gasteiger partial charge in [-0.3, -0.25) is 9.69 Å². The van der Waals surface area contributed by atoms with E-state index in [9.17, 15) is 4.79 Å². The van der Waals surface area contributed by atoms with Gasteiger partial charge in [0.25, 0.3) is 5.56 Å². The van der Waals surface area contributed by atoms with Crippen LogP contribution in [0.4, 0.5) is 0 Å². The molecule has 0 aliphatic carbocycles. The van der Waals surface area contributed by atoms with Crippen LogP contribution in [-0.2, 0) is 6.42 Å². The highest BCUT2D eigenvalue weighted by Crippen LogP contribution is 2.20. The molecule has 106 valence electrons. The summed E-state index contributed by atoms with van der Waals surface area (Å²) in [6, 6.07) is 0.119. The van der Waals surface area contributed by atoms with E-state index < -0.39 is 0 Å². The first-order valence-electron chi connectivity index (χ1n) is 6.62. The van der Waals surface area contributed by atoms with E-state index in [1.165, 1.54) is 0 Å². The molecule has 1 aromatic rings. The summed E-state index contributed by atoms with van der Waals surface area (Å²) >= 11 is 0. The van der Waals surface area contributed by atoms with E-state index in [2.05, 4.69) is 33.9 Å². The molecule has 2 heterocycles. The van der Waals surface area contributed by atoms with Crippen LogP contribution in [0.3, 0.4) is 0 Å². The quantitative estimate of drug-likeness (QED) is 0.774. The third-order valence-corrected chi connectivity index (χ3v) is 3.77. The molecular formula is C13H22N4O2. The zero-order valence-corrected chi connectivity index (χ0v) is 11.8. The number of aliphatic hydroxyl groups is 1. The van der Waals surface area contributed by atoms with Crippen molar-refractivity contribution in [1.82, 2.24) is 19.8 Å². The predicted octanol–water partition coefficient (Wildman–Crippen LogP) is -0.469. The standard InChI is InChI=1S/C13H22N4O2/c1-9-10(4-7-18)13(19)15-12(14-9)11-8-16(2)5-6-17(11)3/h11,18H,4-8H2,1-3H3,(H,14,15,19). The summed E-state index contributed by atoms with van der Waals surface area (Å²) in [6.45, 7) is 4.65. The van der Waals surface area contributed by atoms with E-state index >= 15 is 0 Å². The predicted molar refractivity (Wildman–Crippen MR) is 73.3 cm³/mol. The number of hydrogen-bond donors (Lipinski definition) is 2. The van der Waals surface area contributed by atoms with Crippen LogP contribution < -0.4 is 5.56 Å². The lowest BCUT2D eigenvalue weighted by molar-refractivity contribution is 0.109. The highest BCUT2D eigenvalue weighted by Gasteiger charge is 2.26. The first kappa shape index (κ1) is 14.2. The van der Waals surface area contributed by atoms with Crippen molar-refractivity contribution in [2.24, 2.45) is 0 Å². The average molecular weight is 266 g/mol. The van der Waals surface area contributed by atoms with Crippen molar-refractivity contribution in [3.8, 4) is 0 Å². The maximum atomic E-state index is 12.0. The number of piperazine rings is 1. The molecule has 0 saturated carbocycles. The van der Waals surface area contributed by atoms with Gasteiger partial charge in [0.1, 0.15) is 5.82 Å². The molecule has 0 aromatic carbocycles. The minimum Gasteiger partial charge on any atom is -0.396 e. The monoisotopic (exact) mass is 266 g/mol. The van der Waals surface area contributed by atoms with Crippen molar-refractivity contribution in [2.75, 3.05) is 40.3 Å². The molecule has 2 rings (SSSR count). The van der Waals surface area contributed by atoms with Crippen LogP contribution >= 0.6 is 0 Å². The first-order chi connectivity index (χ1) is 9.02. The van der Waals surface area contributed by atoms with Crippen molar-refractivity contribution >= 4 is 0 Å². The lowest BCUT2D eigenvalue weighted by Gasteiger charge is -2.37. The summed E-state index contributed by atoms with van der Waals surface area (Å²) in [4.78, 5) is 23.9. The van der Waals surface area contributed by atoms with Gasteiger partial charge in [-0.1, -0.05) is 0 Å². The van der Waals surface area contributed by atoms with Crippen LogP contribution in [0.2, 0.25) is 0 Å². The maximum absolute atomic E-state index is 12.0. The Morgan fingerprint density at radius 2 is 2.16 bits per heavy atom. The smallest absolute Gasteiger partial charge is 0.254 e. The van der Waals surface area contributed by atoms with Crippen molar-refractivity contribution in [2.45, 2.75) is 19.4 Å². The largest absolute Gasteiger partial charge is 0.396 e. The molecular weight excluding hydrogens is 244 g/mol. The van der Waals surface area contributed by atoms with Crippen molar-refractivity contribution in [3.63, 3.8) is 0 Å². The zero-order chi connectivity index (χ0) is 14.0. The fourth-order valence-electron chi connectivity index (χ4n) is 2.50. The van der Waals surface area contributed by atoms with Crippen LogP contribution in [0, 0.1) is 6.92 Å². The van der Waals surface area contributed by atoms with Gasteiger partial charge in [0, 0.05) is 43.9 Å². The molecule has 0 bridgehead atoms. The molecule has 19 heavy (non-hydrogen) atoms. The number of aryl methyl sites for hydroxylation is 1. The average Bonchev–Trinajstić information content (AvgIpc) is 2.36. The fraction of sp³-hybridized carbons (Fsp3) is 0.692. The molecule has 1 aliphatic rings. The topological polar surface area (TPSA) is 72.5 Å². The first-order valence-corrected chi connectivity index (χ1v) is 6.62. The fourth-order valence-corrected chi connectivity index (χ4v) is 2.50. The van der Waals surface area contributed by atoms with Crippen LogP contribution in [0.25, 0.3) is 0 Å². The zero-order valence-electron chi connectivity index (χ0n) is 11.8. The Hall–Kier alpha value is -1.24. The SMILES string of the molecule is Cc1nc(C2CN(C)CCN2C)[nH]c(=O)c1CCO. The van der Waals surface area contributed by atoms with Gasteiger partial charge in [-0.2, -0.15) is 0 Å². The van der Waals surface area contributed by atoms with Gasteiger partial charge in [-0.05, 0) is 21.0 Å². The second-order valence-corrected chi connectivity index (χ2v) is 5.25. The normalized spacial score (nSPS) is 21.8. The van der Waals surface area contributed by atoms with Crippen LogP contribution in [0.15, 0.2) is 4.79 Å². The number of aliphatic hydroxyl groups excluding tert-OH is 1. The maximum Gasteiger partial charge on any atom is 0.254 e. The molecule has 0 spiro atoms. The van der Waals surface area contributed by atoms with E-state index in [1.807, 2.05) is 6.92 Å². The van der Waals surface area contributed by atoms with Crippen LogP contribution in [0.1, 0.15) is 23.1 Å². The molecule has 1 aliphatic heterocycles. The van der Waals surface area contributed by atoms with Gasteiger partial charge < -0.3 is 15.0 Å².